The number of allylic oxidation sites excluding steroid dienone is 2. The Bertz CT molecular complexity index is 382. The molecule has 0 radical (unpaired) electrons. The first-order chi connectivity index (χ1) is 8.00. The van der Waals surface area contributed by atoms with Gasteiger partial charge in [0.2, 0.25) is 0 Å². The number of ketones is 1. The van der Waals surface area contributed by atoms with Crippen LogP contribution in [0.5, 0.6) is 0 Å². The second-order valence-electron chi connectivity index (χ2n) is 4.93. The predicted molar refractivity (Wildman–Crippen MR) is 64.9 cm³/mol. The first-order valence-corrected chi connectivity index (χ1v) is 7.65. The molecule has 2 bridgehead atoms. The SMILES string of the molecule is COP(=O)(CC(=O)C1C2C=CC(C2)C1C)OC. The molecule has 0 aliphatic heterocycles. The van der Waals surface area contributed by atoms with Gasteiger partial charge in [0.05, 0.1) is 0 Å². The van der Waals surface area contributed by atoms with E-state index < -0.39 is 7.60 Å². The highest BCUT2D eigenvalue weighted by Crippen LogP contribution is 2.52. The van der Waals surface area contributed by atoms with E-state index in [1.807, 2.05) is 0 Å². The van der Waals surface area contributed by atoms with Crippen molar-refractivity contribution in [2.45, 2.75) is 13.3 Å². The molecule has 2 aliphatic carbocycles. The lowest BCUT2D eigenvalue weighted by molar-refractivity contribution is -0.122. The fraction of sp³-hybridized carbons (Fsp3) is 0.750. The molecule has 0 spiro atoms. The molecule has 0 aromatic carbocycles. The van der Waals surface area contributed by atoms with E-state index in [1.165, 1.54) is 14.2 Å². The summed E-state index contributed by atoms with van der Waals surface area (Å²) >= 11 is 0. The molecule has 0 aromatic rings. The monoisotopic (exact) mass is 258 g/mol. The summed E-state index contributed by atoms with van der Waals surface area (Å²) in [6, 6.07) is 0. The van der Waals surface area contributed by atoms with Gasteiger partial charge in [0, 0.05) is 20.1 Å². The van der Waals surface area contributed by atoms with Crippen LogP contribution in [0.1, 0.15) is 13.3 Å². The van der Waals surface area contributed by atoms with Gasteiger partial charge in [-0.1, -0.05) is 19.1 Å². The molecule has 0 heterocycles. The van der Waals surface area contributed by atoms with Crippen molar-refractivity contribution in [3.05, 3.63) is 12.2 Å². The Morgan fingerprint density at radius 1 is 1.29 bits per heavy atom. The van der Waals surface area contributed by atoms with E-state index in [0.29, 0.717) is 17.8 Å². The normalized spacial score (nSPS) is 35.5. The second kappa shape index (κ2) is 4.68. The minimum absolute atomic E-state index is 0.0105. The smallest absolute Gasteiger partial charge is 0.312 e. The summed E-state index contributed by atoms with van der Waals surface area (Å²) in [7, 11) is -0.570. The molecule has 1 saturated carbocycles. The first kappa shape index (κ1) is 13.0. The zero-order chi connectivity index (χ0) is 12.6. The van der Waals surface area contributed by atoms with Crippen LogP contribution in [0.2, 0.25) is 0 Å². The third kappa shape index (κ3) is 2.26. The molecule has 0 aromatic heterocycles. The summed E-state index contributed by atoms with van der Waals surface area (Å²) in [6.45, 7) is 2.10. The van der Waals surface area contributed by atoms with Crippen molar-refractivity contribution in [1.82, 2.24) is 0 Å². The third-order valence-corrected chi connectivity index (χ3v) is 5.94. The summed E-state index contributed by atoms with van der Waals surface area (Å²) in [5.41, 5.74) is 0. The van der Waals surface area contributed by atoms with E-state index in [1.54, 1.807) is 0 Å². The molecule has 0 saturated heterocycles. The average Bonchev–Trinajstić information content (AvgIpc) is 2.89. The first-order valence-electron chi connectivity index (χ1n) is 5.92. The quantitative estimate of drug-likeness (QED) is 0.561. The highest BCUT2D eigenvalue weighted by molar-refractivity contribution is 7.54. The number of rotatable bonds is 5. The lowest BCUT2D eigenvalue weighted by atomic mass is 9.82. The van der Waals surface area contributed by atoms with Crippen molar-refractivity contribution in [3.8, 4) is 0 Å². The van der Waals surface area contributed by atoms with Gasteiger partial charge in [0.25, 0.3) is 0 Å². The molecule has 1 fully saturated rings. The second-order valence-corrected chi connectivity index (χ2v) is 7.20. The Labute approximate surface area is 102 Å². The fourth-order valence-corrected chi connectivity index (χ4v) is 4.10. The van der Waals surface area contributed by atoms with Gasteiger partial charge in [-0.3, -0.25) is 9.36 Å². The minimum atomic E-state index is -3.21. The number of Topliss-reactive ketones (excluding diaryl/α,β-unsaturated/α-hetero) is 1. The Morgan fingerprint density at radius 3 is 2.35 bits per heavy atom. The van der Waals surface area contributed by atoms with Crippen molar-refractivity contribution in [2.75, 3.05) is 20.4 Å². The van der Waals surface area contributed by atoms with E-state index in [-0.39, 0.29) is 17.9 Å². The van der Waals surface area contributed by atoms with Crippen molar-refractivity contribution >= 4 is 13.4 Å². The van der Waals surface area contributed by atoms with Crippen LogP contribution in [-0.4, -0.2) is 26.2 Å². The highest BCUT2D eigenvalue weighted by atomic mass is 31.2. The van der Waals surface area contributed by atoms with E-state index in [0.717, 1.165) is 6.42 Å². The molecule has 0 N–H and O–H groups in total. The Kier molecular flexibility index (Phi) is 3.58. The number of carbonyl (C=O) groups is 1. The van der Waals surface area contributed by atoms with Gasteiger partial charge < -0.3 is 9.05 Å². The summed E-state index contributed by atoms with van der Waals surface area (Å²) in [6.07, 6.45) is 5.27. The van der Waals surface area contributed by atoms with Crippen molar-refractivity contribution in [3.63, 3.8) is 0 Å². The van der Waals surface area contributed by atoms with Gasteiger partial charge in [0.15, 0.2) is 0 Å². The largest absolute Gasteiger partial charge is 0.337 e. The van der Waals surface area contributed by atoms with Crippen LogP contribution in [0.4, 0.5) is 0 Å². The van der Waals surface area contributed by atoms with E-state index >= 15 is 0 Å². The zero-order valence-corrected chi connectivity index (χ0v) is 11.4. The summed E-state index contributed by atoms with van der Waals surface area (Å²) in [4.78, 5) is 12.2. The maximum Gasteiger partial charge on any atom is 0.337 e. The Hall–Kier alpha value is -0.440. The molecular formula is C12H19O4P. The maximum absolute atomic E-state index is 12.2. The van der Waals surface area contributed by atoms with Crippen LogP contribution < -0.4 is 0 Å². The number of hydrogen-bond donors (Lipinski definition) is 0. The minimum Gasteiger partial charge on any atom is -0.312 e. The lowest BCUT2D eigenvalue weighted by Crippen LogP contribution is -2.28. The molecular weight excluding hydrogens is 239 g/mol. The van der Waals surface area contributed by atoms with Gasteiger partial charge in [-0.15, -0.1) is 0 Å². The van der Waals surface area contributed by atoms with Gasteiger partial charge in [-0.05, 0) is 24.2 Å². The molecule has 2 rings (SSSR count). The van der Waals surface area contributed by atoms with E-state index in [9.17, 15) is 9.36 Å². The van der Waals surface area contributed by atoms with Gasteiger partial charge >= 0.3 is 7.60 Å². The Balaban J connectivity index is 2.07. The summed E-state index contributed by atoms with van der Waals surface area (Å²) < 4.78 is 21.6. The molecule has 2 aliphatic rings. The Morgan fingerprint density at radius 2 is 1.88 bits per heavy atom. The molecule has 4 unspecified atom stereocenters. The number of hydrogen-bond acceptors (Lipinski definition) is 4. The van der Waals surface area contributed by atoms with Crippen LogP contribution in [-0.2, 0) is 18.4 Å². The van der Waals surface area contributed by atoms with Crippen molar-refractivity contribution in [2.24, 2.45) is 23.7 Å². The molecule has 4 atom stereocenters. The fourth-order valence-electron chi connectivity index (χ4n) is 3.10. The standard InChI is InChI=1S/C12H19O4P/c1-8-9-4-5-10(6-9)12(8)11(13)7-17(14,15-2)16-3/h4-5,8-10,12H,6-7H2,1-3H3. The highest BCUT2D eigenvalue weighted by Gasteiger charge is 2.46. The zero-order valence-electron chi connectivity index (χ0n) is 10.5. The summed E-state index contributed by atoms with van der Waals surface area (Å²) in [5, 5.41) is 0. The lowest BCUT2D eigenvalue weighted by Gasteiger charge is -2.24. The number of fused-ring (bicyclic) bond motifs is 2. The van der Waals surface area contributed by atoms with Crippen LogP contribution in [0.25, 0.3) is 0 Å². The maximum atomic E-state index is 12.2. The molecule has 96 valence electrons. The van der Waals surface area contributed by atoms with Gasteiger partial charge in [-0.25, -0.2) is 0 Å². The van der Waals surface area contributed by atoms with Crippen molar-refractivity contribution < 1.29 is 18.4 Å². The predicted octanol–water partition coefficient (Wildman–Crippen LogP) is 2.50. The van der Waals surface area contributed by atoms with Gasteiger partial charge in [-0.2, -0.15) is 0 Å². The van der Waals surface area contributed by atoms with Gasteiger partial charge in [0.1, 0.15) is 11.9 Å². The third-order valence-electron chi connectivity index (χ3n) is 4.13. The van der Waals surface area contributed by atoms with E-state index in [4.69, 9.17) is 9.05 Å². The topological polar surface area (TPSA) is 52.6 Å². The molecule has 17 heavy (non-hydrogen) atoms. The summed E-state index contributed by atoms with van der Waals surface area (Å²) in [5.74, 6) is 1.19. The number of carbonyl (C=O) groups excluding carboxylic acids is 1. The average molecular weight is 258 g/mol. The van der Waals surface area contributed by atoms with Crippen LogP contribution in [0, 0.1) is 23.7 Å². The molecule has 5 heteroatoms. The van der Waals surface area contributed by atoms with Crippen LogP contribution >= 0.6 is 7.60 Å². The van der Waals surface area contributed by atoms with E-state index in [2.05, 4.69) is 19.1 Å². The van der Waals surface area contributed by atoms with Crippen molar-refractivity contribution in [1.29, 1.82) is 0 Å². The molecule has 0 amide bonds. The molecule has 4 nitrogen and oxygen atoms in total. The van der Waals surface area contributed by atoms with Crippen LogP contribution in [0.3, 0.4) is 0 Å². The van der Waals surface area contributed by atoms with Crippen LogP contribution in [0.15, 0.2) is 12.2 Å².